The van der Waals surface area contributed by atoms with Gasteiger partial charge in [0.05, 0.1) is 24.6 Å². The van der Waals surface area contributed by atoms with Crippen molar-refractivity contribution in [1.29, 1.82) is 0 Å². The zero-order chi connectivity index (χ0) is 16.9. The van der Waals surface area contributed by atoms with E-state index < -0.39 is 0 Å². The average molecular weight is 332 g/mol. The Hall–Kier alpha value is -2.12. The van der Waals surface area contributed by atoms with Gasteiger partial charge in [-0.2, -0.15) is 0 Å². The Balaban J connectivity index is 1.76. The van der Waals surface area contributed by atoms with Crippen molar-refractivity contribution in [3.63, 3.8) is 0 Å². The summed E-state index contributed by atoms with van der Waals surface area (Å²) in [5.74, 6) is 1.17. The second kappa shape index (κ2) is 7.63. The average Bonchev–Trinajstić information content (AvgIpc) is 2.55. The fourth-order valence-electron chi connectivity index (χ4n) is 2.81. The summed E-state index contributed by atoms with van der Waals surface area (Å²) in [6, 6.07) is 3.97. The number of fused-ring (bicyclic) bond motifs is 1. The normalized spacial score (nSPS) is 18.0. The molecule has 0 aliphatic carbocycles. The molecule has 2 heterocycles. The molecule has 1 aromatic carbocycles. The van der Waals surface area contributed by atoms with Crippen LogP contribution in [-0.2, 0) is 0 Å². The molecule has 1 saturated heterocycles. The number of nitrogens with zero attached hydrogens (tertiary/aromatic N) is 1. The molecular weight excluding hydrogens is 308 g/mol. The molecule has 2 aromatic rings. The maximum atomic E-state index is 12.1. The molecule has 3 N–H and O–H groups in total. The van der Waals surface area contributed by atoms with Gasteiger partial charge in [0.25, 0.3) is 5.56 Å². The predicted octanol–water partition coefficient (Wildman–Crippen LogP) is 1.04. The second-order valence-corrected chi connectivity index (χ2v) is 6.21. The van der Waals surface area contributed by atoms with Gasteiger partial charge in [0.2, 0.25) is 0 Å². The van der Waals surface area contributed by atoms with Crippen LogP contribution in [0.25, 0.3) is 10.9 Å². The molecule has 1 fully saturated rings. The smallest absolute Gasteiger partial charge is 0.262 e. The lowest BCUT2D eigenvalue weighted by atomic mass is 10.2. The van der Waals surface area contributed by atoms with Crippen molar-refractivity contribution in [2.75, 3.05) is 26.2 Å². The third-order valence-electron chi connectivity index (χ3n) is 3.90. The van der Waals surface area contributed by atoms with Crippen LogP contribution in [0, 0.1) is 0 Å². The lowest BCUT2D eigenvalue weighted by Crippen LogP contribution is -2.48. The second-order valence-electron chi connectivity index (χ2n) is 6.21. The van der Waals surface area contributed by atoms with E-state index in [4.69, 9.17) is 9.47 Å². The SMILES string of the molecule is CC(C)Oc1cc(OCCC2CNCCN2)cc2nc[nH]c(=O)c12. The summed E-state index contributed by atoms with van der Waals surface area (Å²) in [6.07, 6.45) is 2.26. The summed E-state index contributed by atoms with van der Waals surface area (Å²) < 4.78 is 11.7. The van der Waals surface area contributed by atoms with Crippen molar-refractivity contribution in [2.24, 2.45) is 0 Å². The molecule has 7 heteroatoms. The summed E-state index contributed by atoms with van der Waals surface area (Å²) >= 11 is 0. The van der Waals surface area contributed by atoms with Gasteiger partial charge < -0.3 is 25.1 Å². The van der Waals surface area contributed by atoms with Gasteiger partial charge in [0.1, 0.15) is 16.9 Å². The first-order valence-corrected chi connectivity index (χ1v) is 8.38. The van der Waals surface area contributed by atoms with Crippen LogP contribution in [0.2, 0.25) is 0 Å². The van der Waals surface area contributed by atoms with Crippen LogP contribution in [0.5, 0.6) is 11.5 Å². The van der Waals surface area contributed by atoms with Crippen molar-refractivity contribution in [2.45, 2.75) is 32.4 Å². The van der Waals surface area contributed by atoms with Crippen molar-refractivity contribution in [3.05, 3.63) is 28.8 Å². The maximum Gasteiger partial charge on any atom is 0.262 e. The standard InChI is InChI=1S/C17H24N4O3/c1-11(2)24-15-8-13(7-14-16(15)17(22)21-10-20-14)23-6-3-12-9-18-4-5-19-12/h7-8,10-12,18-19H,3-6,9H2,1-2H3,(H,20,21,22). The number of ether oxygens (including phenoxy) is 2. The van der Waals surface area contributed by atoms with Gasteiger partial charge >= 0.3 is 0 Å². The molecule has 1 aliphatic rings. The molecule has 0 bridgehead atoms. The molecule has 0 saturated carbocycles. The zero-order valence-electron chi connectivity index (χ0n) is 14.1. The van der Waals surface area contributed by atoms with Crippen LogP contribution >= 0.6 is 0 Å². The van der Waals surface area contributed by atoms with Crippen LogP contribution in [0.1, 0.15) is 20.3 Å². The Morgan fingerprint density at radius 2 is 2.21 bits per heavy atom. The number of hydrogen-bond acceptors (Lipinski definition) is 6. The Morgan fingerprint density at radius 1 is 1.33 bits per heavy atom. The van der Waals surface area contributed by atoms with Gasteiger partial charge in [0, 0.05) is 37.8 Å². The highest BCUT2D eigenvalue weighted by atomic mass is 16.5. The highest BCUT2D eigenvalue weighted by Gasteiger charge is 2.14. The van der Waals surface area contributed by atoms with Crippen molar-refractivity contribution in [1.82, 2.24) is 20.6 Å². The topological polar surface area (TPSA) is 88.3 Å². The van der Waals surface area contributed by atoms with Gasteiger partial charge in [-0.3, -0.25) is 4.79 Å². The molecule has 0 radical (unpaired) electrons. The number of nitrogens with one attached hydrogen (secondary N) is 3. The first-order valence-electron chi connectivity index (χ1n) is 8.38. The van der Waals surface area contributed by atoms with E-state index in [0.717, 1.165) is 26.1 Å². The van der Waals surface area contributed by atoms with E-state index in [9.17, 15) is 4.79 Å². The fraction of sp³-hybridized carbons (Fsp3) is 0.529. The molecule has 1 aromatic heterocycles. The fourth-order valence-corrected chi connectivity index (χ4v) is 2.81. The predicted molar refractivity (Wildman–Crippen MR) is 92.9 cm³/mol. The number of H-pyrrole nitrogens is 1. The largest absolute Gasteiger partial charge is 0.493 e. The van der Waals surface area contributed by atoms with Gasteiger partial charge in [-0.05, 0) is 20.3 Å². The highest BCUT2D eigenvalue weighted by Crippen LogP contribution is 2.28. The van der Waals surface area contributed by atoms with E-state index in [0.29, 0.717) is 35.1 Å². The number of hydrogen-bond donors (Lipinski definition) is 3. The summed E-state index contributed by atoms with van der Waals surface area (Å²) in [6.45, 7) is 7.39. The van der Waals surface area contributed by atoms with Crippen LogP contribution < -0.4 is 25.7 Å². The molecule has 1 atom stereocenters. The van der Waals surface area contributed by atoms with Crippen LogP contribution in [0.4, 0.5) is 0 Å². The Bertz CT molecular complexity index is 738. The monoisotopic (exact) mass is 332 g/mol. The van der Waals surface area contributed by atoms with E-state index in [2.05, 4.69) is 20.6 Å². The number of rotatable bonds is 6. The van der Waals surface area contributed by atoms with E-state index in [-0.39, 0.29) is 11.7 Å². The third kappa shape index (κ3) is 4.04. The summed E-state index contributed by atoms with van der Waals surface area (Å²) in [4.78, 5) is 18.9. The Kier molecular flexibility index (Phi) is 5.32. The van der Waals surface area contributed by atoms with Crippen LogP contribution in [0.3, 0.4) is 0 Å². The van der Waals surface area contributed by atoms with Gasteiger partial charge in [-0.1, -0.05) is 0 Å². The van der Waals surface area contributed by atoms with Gasteiger partial charge in [-0.15, -0.1) is 0 Å². The van der Waals surface area contributed by atoms with Crippen molar-refractivity contribution < 1.29 is 9.47 Å². The minimum absolute atomic E-state index is 0.0411. The number of aromatic nitrogens is 2. The molecule has 1 aliphatic heterocycles. The summed E-state index contributed by atoms with van der Waals surface area (Å²) in [5, 5.41) is 7.27. The minimum Gasteiger partial charge on any atom is -0.493 e. The number of piperazine rings is 1. The lowest BCUT2D eigenvalue weighted by Gasteiger charge is -2.24. The Morgan fingerprint density at radius 3 is 2.96 bits per heavy atom. The quantitative estimate of drug-likeness (QED) is 0.733. The number of aromatic amines is 1. The molecule has 0 amide bonds. The van der Waals surface area contributed by atoms with E-state index in [1.807, 2.05) is 13.8 Å². The maximum absolute atomic E-state index is 12.1. The van der Waals surface area contributed by atoms with Crippen molar-refractivity contribution >= 4 is 10.9 Å². The summed E-state index contributed by atoms with van der Waals surface area (Å²) in [5.41, 5.74) is 0.365. The van der Waals surface area contributed by atoms with Crippen LogP contribution in [-0.4, -0.2) is 48.4 Å². The van der Waals surface area contributed by atoms with Crippen LogP contribution in [0.15, 0.2) is 23.3 Å². The molecule has 1 unspecified atom stereocenters. The van der Waals surface area contributed by atoms with Gasteiger partial charge in [-0.25, -0.2) is 4.98 Å². The number of benzene rings is 1. The molecule has 0 spiro atoms. The molecule has 130 valence electrons. The molecule has 24 heavy (non-hydrogen) atoms. The molecule has 3 rings (SSSR count). The van der Waals surface area contributed by atoms with E-state index in [1.165, 1.54) is 6.33 Å². The third-order valence-corrected chi connectivity index (χ3v) is 3.90. The first-order chi connectivity index (χ1) is 11.6. The minimum atomic E-state index is -0.209. The molecular formula is C17H24N4O3. The zero-order valence-corrected chi connectivity index (χ0v) is 14.1. The molecule has 7 nitrogen and oxygen atoms in total. The van der Waals surface area contributed by atoms with Crippen molar-refractivity contribution in [3.8, 4) is 11.5 Å². The van der Waals surface area contributed by atoms with E-state index >= 15 is 0 Å². The van der Waals surface area contributed by atoms with E-state index in [1.54, 1.807) is 12.1 Å². The lowest BCUT2D eigenvalue weighted by molar-refractivity contribution is 0.241. The first kappa shape index (κ1) is 16.7. The summed E-state index contributed by atoms with van der Waals surface area (Å²) in [7, 11) is 0. The highest BCUT2D eigenvalue weighted by molar-refractivity contribution is 5.85. The Labute approximate surface area is 140 Å². The van der Waals surface area contributed by atoms with Gasteiger partial charge in [0.15, 0.2) is 0 Å².